The fraction of sp³-hybridized carbons (Fsp3) is 0.0625. The molecule has 3 rings (SSSR count). The van der Waals surface area contributed by atoms with Crippen LogP contribution in [-0.2, 0) is 6.54 Å². The van der Waals surface area contributed by atoms with Gasteiger partial charge >= 0.3 is 0 Å². The van der Waals surface area contributed by atoms with Crippen molar-refractivity contribution in [2.45, 2.75) is 6.54 Å². The molecule has 0 aliphatic rings. The number of hydrogen-bond acceptors (Lipinski definition) is 1. The number of fused-ring (bicyclic) bond motifs is 1. The average molecular weight is 396 g/mol. The number of carbonyl (C=O) groups excluding carboxylic acids is 1. The molecular weight excluding hydrogens is 385 g/mol. The van der Waals surface area contributed by atoms with Crippen molar-refractivity contribution in [3.8, 4) is 0 Å². The summed E-state index contributed by atoms with van der Waals surface area (Å²) in [5, 5.41) is 1.72. The van der Waals surface area contributed by atoms with Gasteiger partial charge in [-0.15, -0.1) is 0 Å². The first-order valence-corrected chi connectivity index (χ1v) is 7.63. The van der Waals surface area contributed by atoms with Crippen molar-refractivity contribution in [2.24, 2.45) is 0 Å². The van der Waals surface area contributed by atoms with E-state index in [4.69, 9.17) is 11.6 Å². The molecule has 0 saturated carbocycles. The van der Waals surface area contributed by atoms with Crippen LogP contribution in [0.5, 0.6) is 0 Å². The molecule has 0 amide bonds. The Balaban J connectivity index is 1.93. The number of ketones is 1. The molecule has 2 aromatic carbocycles. The molecule has 0 aliphatic carbocycles. The number of benzene rings is 2. The molecule has 1 heterocycles. The van der Waals surface area contributed by atoms with Gasteiger partial charge in [-0.2, -0.15) is 0 Å². The molecule has 0 spiro atoms. The van der Waals surface area contributed by atoms with Crippen LogP contribution < -0.4 is 0 Å². The van der Waals surface area contributed by atoms with Crippen LogP contribution in [0.1, 0.15) is 10.4 Å². The van der Waals surface area contributed by atoms with Crippen molar-refractivity contribution in [3.05, 3.63) is 68.9 Å². The molecule has 0 atom stereocenters. The zero-order valence-electron chi connectivity index (χ0n) is 10.5. The van der Waals surface area contributed by atoms with Crippen LogP contribution in [0.15, 0.2) is 54.7 Å². The Morgan fingerprint density at radius 3 is 2.60 bits per heavy atom. The Bertz CT molecular complexity index is 777. The molecule has 0 bridgehead atoms. The molecule has 2 nitrogen and oxygen atoms in total. The second-order valence-corrected chi connectivity index (χ2v) is 6.20. The fourth-order valence-electron chi connectivity index (χ4n) is 2.23. The molecule has 100 valence electrons. The quantitative estimate of drug-likeness (QED) is 0.462. The van der Waals surface area contributed by atoms with Crippen molar-refractivity contribution >= 4 is 50.9 Å². The van der Waals surface area contributed by atoms with Gasteiger partial charge in [0.05, 0.1) is 17.1 Å². The Hall–Kier alpha value is -1.33. The molecule has 0 unspecified atom stereocenters. The molecule has 0 fully saturated rings. The summed E-state index contributed by atoms with van der Waals surface area (Å²) in [6.07, 6.45) is 1.90. The number of aromatic nitrogens is 1. The zero-order valence-corrected chi connectivity index (χ0v) is 13.4. The molecule has 20 heavy (non-hydrogen) atoms. The van der Waals surface area contributed by atoms with Gasteiger partial charge in [0.1, 0.15) is 0 Å². The molecule has 0 aliphatic heterocycles. The molecule has 1 aromatic heterocycles. The van der Waals surface area contributed by atoms with Crippen LogP contribution in [0, 0.1) is 3.57 Å². The van der Waals surface area contributed by atoms with E-state index in [1.54, 1.807) is 0 Å². The third-order valence-corrected chi connectivity index (χ3v) is 4.24. The zero-order chi connectivity index (χ0) is 14.1. The van der Waals surface area contributed by atoms with Crippen molar-refractivity contribution in [2.75, 3.05) is 0 Å². The molecule has 0 saturated heterocycles. The highest BCUT2D eigenvalue weighted by Gasteiger charge is 2.10. The van der Waals surface area contributed by atoms with Crippen LogP contribution in [0.25, 0.3) is 10.9 Å². The van der Waals surface area contributed by atoms with Gasteiger partial charge in [-0.1, -0.05) is 35.9 Å². The minimum absolute atomic E-state index is 0.0822. The molecule has 0 N–H and O–H groups in total. The van der Waals surface area contributed by atoms with E-state index >= 15 is 0 Å². The monoisotopic (exact) mass is 395 g/mol. The van der Waals surface area contributed by atoms with Crippen molar-refractivity contribution in [3.63, 3.8) is 0 Å². The van der Waals surface area contributed by atoms with Gasteiger partial charge in [0.25, 0.3) is 0 Å². The topological polar surface area (TPSA) is 22.0 Å². The minimum atomic E-state index is 0.0822. The highest BCUT2D eigenvalue weighted by Crippen LogP contribution is 2.24. The summed E-state index contributed by atoms with van der Waals surface area (Å²) in [5.74, 6) is 0.0822. The first-order chi connectivity index (χ1) is 9.65. The van der Waals surface area contributed by atoms with Gasteiger partial charge in [0.15, 0.2) is 5.78 Å². The first-order valence-electron chi connectivity index (χ1n) is 6.17. The van der Waals surface area contributed by atoms with Crippen LogP contribution in [0.4, 0.5) is 0 Å². The van der Waals surface area contributed by atoms with Crippen molar-refractivity contribution in [1.82, 2.24) is 4.57 Å². The van der Waals surface area contributed by atoms with Crippen LogP contribution in [-0.4, -0.2) is 10.4 Å². The van der Waals surface area contributed by atoms with E-state index < -0.39 is 0 Å². The normalized spacial score (nSPS) is 10.9. The summed E-state index contributed by atoms with van der Waals surface area (Å²) in [4.78, 5) is 12.3. The van der Waals surface area contributed by atoms with Gasteiger partial charge < -0.3 is 4.57 Å². The number of rotatable bonds is 3. The van der Waals surface area contributed by atoms with Crippen molar-refractivity contribution < 1.29 is 4.79 Å². The van der Waals surface area contributed by atoms with E-state index in [-0.39, 0.29) is 5.78 Å². The van der Waals surface area contributed by atoms with Gasteiger partial charge in [0, 0.05) is 20.7 Å². The van der Waals surface area contributed by atoms with Crippen LogP contribution >= 0.6 is 34.2 Å². The minimum Gasteiger partial charge on any atom is -0.338 e. The molecule has 4 heteroatoms. The van der Waals surface area contributed by atoms with Crippen molar-refractivity contribution in [1.29, 1.82) is 0 Å². The maximum atomic E-state index is 12.3. The summed E-state index contributed by atoms with van der Waals surface area (Å²) < 4.78 is 3.02. The lowest BCUT2D eigenvalue weighted by Crippen LogP contribution is -2.09. The third kappa shape index (κ3) is 2.60. The molecular formula is C16H11ClINO. The lowest BCUT2D eigenvalue weighted by molar-refractivity contribution is 0.0973. The van der Waals surface area contributed by atoms with Crippen LogP contribution in [0.2, 0.25) is 5.02 Å². The third-order valence-electron chi connectivity index (χ3n) is 3.22. The van der Waals surface area contributed by atoms with E-state index in [0.29, 0.717) is 11.6 Å². The summed E-state index contributed by atoms with van der Waals surface area (Å²) in [7, 11) is 0. The Morgan fingerprint density at radius 1 is 1.10 bits per heavy atom. The SMILES string of the molecule is O=C(Cn1ccc2cccc(Cl)c21)c1ccc(I)cc1. The number of carbonyl (C=O) groups is 1. The average Bonchev–Trinajstić information content (AvgIpc) is 2.84. The number of nitrogens with zero attached hydrogens (tertiary/aromatic N) is 1. The second kappa shape index (κ2) is 5.58. The van der Waals surface area contributed by atoms with E-state index in [2.05, 4.69) is 22.6 Å². The van der Waals surface area contributed by atoms with E-state index in [1.165, 1.54) is 0 Å². The Kier molecular flexibility index (Phi) is 3.81. The summed E-state index contributed by atoms with van der Waals surface area (Å²) in [6.45, 7) is 0.299. The highest BCUT2D eigenvalue weighted by atomic mass is 127. The number of hydrogen-bond donors (Lipinski definition) is 0. The maximum absolute atomic E-state index is 12.3. The predicted octanol–water partition coefficient (Wildman–Crippen LogP) is 4.78. The number of para-hydroxylation sites is 1. The van der Waals surface area contributed by atoms with Gasteiger partial charge in [0.2, 0.25) is 0 Å². The number of halogens is 2. The highest BCUT2D eigenvalue weighted by molar-refractivity contribution is 14.1. The summed E-state index contributed by atoms with van der Waals surface area (Å²) in [6, 6.07) is 15.3. The Labute approximate surface area is 135 Å². The Morgan fingerprint density at radius 2 is 1.85 bits per heavy atom. The second-order valence-electron chi connectivity index (χ2n) is 4.55. The summed E-state index contributed by atoms with van der Waals surface area (Å²) >= 11 is 8.45. The van der Waals surface area contributed by atoms with Crippen LogP contribution in [0.3, 0.4) is 0 Å². The number of Topliss-reactive ketones (excluding diaryl/α,β-unsaturated/α-hetero) is 1. The first kappa shape index (κ1) is 13.6. The largest absolute Gasteiger partial charge is 0.338 e. The van der Waals surface area contributed by atoms with E-state index in [0.717, 1.165) is 20.0 Å². The lowest BCUT2D eigenvalue weighted by Gasteiger charge is -2.06. The predicted molar refractivity (Wildman–Crippen MR) is 90.4 cm³/mol. The van der Waals surface area contributed by atoms with Gasteiger partial charge in [-0.3, -0.25) is 4.79 Å². The smallest absolute Gasteiger partial charge is 0.182 e. The standard InChI is InChI=1S/C16H11ClINO/c17-14-3-1-2-12-8-9-19(16(12)14)10-15(20)11-4-6-13(18)7-5-11/h1-9H,10H2. The lowest BCUT2D eigenvalue weighted by atomic mass is 10.1. The van der Waals surface area contributed by atoms with E-state index in [1.807, 2.05) is 59.3 Å². The maximum Gasteiger partial charge on any atom is 0.182 e. The van der Waals surface area contributed by atoms with Gasteiger partial charge in [-0.25, -0.2) is 0 Å². The fourth-order valence-corrected chi connectivity index (χ4v) is 2.88. The summed E-state index contributed by atoms with van der Waals surface area (Å²) in [5.41, 5.74) is 1.63. The molecule has 0 radical (unpaired) electrons. The molecule has 3 aromatic rings. The van der Waals surface area contributed by atoms with Gasteiger partial charge in [-0.05, 0) is 46.9 Å². The van der Waals surface area contributed by atoms with E-state index in [9.17, 15) is 4.79 Å².